The number of nitrogens with zero attached hydrogens (tertiary/aromatic N) is 1. The van der Waals surface area contributed by atoms with E-state index >= 15 is 0 Å². The third-order valence-electron chi connectivity index (χ3n) is 5.36. The van der Waals surface area contributed by atoms with E-state index in [1.807, 2.05) is 0 Å². The van der Waals surface area contributed by atoms with E-state index in [0.717, 1.165) is 22.3 Å². The molecule has 2 aromatic rings. The lowest BCUT2D eigenvalue weighted by Crippen LogP contribution is -2.42. The van der Waals surface area contributed by atoms with Crippen LogP contribution in [0.1, 0.15) is 33.1 Å². The van der Waals surface area contributed by atoms with Crippen molar-refractivity contribution in [3.63, 3.8) is 0 Å². The van der Waals surface area contributed by atoms with Crippen molar-refractivity contribution in [2.24, 2.45) is 0 Å². The fourth-order valence-corrected chi connectivity index (χ4v) is 4.75. The number of hydrogen-bond acceptors (Lipinski definition) is 6. The van der Waals surface area contributed by atoms with E-state index in [1.165, 1.54) is 12.1 Å². The summed E-state index contributed by atoms with van der Waals surface area (Å²) in [6, 6.07) is 6.63. The summed E-state index contributed by atoms with van der Waals surface area (Å²) < 4.78 is 52.1. The fourth-order valence-electron chi connectivity index (χ4n) is 3.79. The first-order valence-corrected chi connectivity index (χ1v) is 11.2. The molecule has 2 fully saturated rings. The lowest BCUT2D eigenvalue weighted by molar-refractivity contribution is -0.143. The summed E-state index contributed by atoms with van der Waals surface area (Å²) in [7, 11) is 0. The second kappa shape index (κ2) is 9.32. The fraction of sp³-hybridized carbons (Fsp3) is 0.381. The van der Waals surface area contributed by atoms with E-state index in [9.17, 15) is 27.6 Å². The number of thiophene rings is 1. The number of amides is 2. The van der Waals surface area contributed by atoms with Gasteiger partial charge in [-0.1, -0.05) is 17.7 Å². The van der Waals surface area contributed by atoms with Crippen LogP contribution in [0.2, 0.25) is 4.34 Å². The summed E-state index contributed by atoms with van der Waals surface area (Å²) in [6.07, 6.45) is -5.31. The summed E-state index contributed by atoms with van der Waals surface area (Å²) in [5.74, 6) is -2.54. The van der Waals surface area contributed by atoms with Gasteiger partial charge in [-0.2, -0.15) is 13.2 Å². The predicted molar refractivity (Wildman–Crippen MR) is 114 cm³/mol. The average molecular weight is 503 g/mol. The molecule has 0 aliphatic carbocycles. The Morgan fingerprint density at radius 2 is 2.03 bits per heavy atom. The molecule has 2 aliphatic rings. The Kier molecular flexibility index (Phi) is 6.64. The third-order valence-corrected chi connectivity index (χ3v) is 6.59. The second-order valence-electron chi connectivity index (χ2n) is 7.53. The molecule has 4 rings (SSSR count). The molecule has 3 heterocycles. The normalized spacial score (nSPS) is 21.3. The maximum Gasteiger partial charge on any atom is 0.418 e. The predicted octanol–water partition coefficient (Wildman–Crippen LogP) is 3.61. The van der Waals surface area contributed by atoms with E-state index in [-0.39, 0.29) is 49.9 Å². The molecule has 7 nitrogen and oxygen atoms in total. The number of benzene rings is 1. The van der Waals surface area contributed by atoms with Gasteiger partial charge in [0.15, 0.2) is 0 Å². The molecule has 0 radical (unpaired) electrons. The number of cyclic esters (lactones) is 1. The number of esters is 1. The summed E-state index contributed by atoms with van der Waals surface area (Å²) in [4.78, 5) is 38.0. The maximum atomic E-state index is 13.8. The molecule has 2 aliphatic heterocycles. The number of ether oxygens (including phenoxy) is 2. The van der Waals surface area contributed by atoms with Crippen LogP contribution in [0.4, 0.5) is 18.9 Å². The molecule has 0 bridgehead atoms. The highest BCUT2D eigenvalue weighted by atomic mass is 35.5. The minimum atomic E-state index is -4.73. The van der Waals surface area contributed by atoms with Gasteiger partial charge >= 0.3 is 12.1 Å². The Labute approximate surface area is 195 Å². The molecule has 176 valence electrons. The van der Waals surface area contributed by atoms with Crippen molar-refractivity contribution in [2.45, 2.75) is 24.6 Å². The third kappa shape index (κ3) is 5.15. The monoisotopic (exact) mass is 502 g/mol. The van der Waals surface area contributed by atoms with Gasteiger partial charge in [0, 0.05) is 13.0 Å². The minimum Gasteiger partial charge on any atom is -0.460 e. The topological polar surface area (TPSA) is 84.9 Å². The SMILES string of the molecule is O=C(NCC1CC(c2ccc(N3CCOCC3=O)c(C(F)(F)F)c2)C(=O)O1)c1ccc(Cl)s1. The first-order valence-electron chi connectivity index (χ1n) is 9.97. The Bertz CT molecular complexity index is 1090. The molecule has 12 heteroatoms. The molecule has 0 saturated carbocycles. The van der Waals surface area contributed by atoms with Gasteiger partial charge in [-0.05, 0) is 29.8 Å². The van der Waals surface area contributed by atoms with Crippen LogP contribution in [0.25, 0.3) is 0 Å². The molecule has 2 saturated heterocycles. The first-order chi connectivity index (χ1) is 15.6. The van der Waals surface area contributed by atoms with E-state index in [2.05, 4.69) is 5.32 Å². The quantitative estimate of drug-likeness (QED) is 0.631. The molecule has 1 aromatic heterocycles. The van der Waals surface area contributed by atoms with Gasteiger partial charge < -0.3 is 19.7 Å². The summed E-state index contributed by atoms with van der Waals surface area (Å²) in [6.45, 7) is -0.142. The largest absolute Gasteiger partial charge is 0.460 e. The van der Waals surface area contributed by atoms with Gasteiger partial charge in [0.05, 0.1) is 39.5 Å². The van der Waals surface area contributed by atoms with Crippen molar-refractivity contribution in [1.82, 2.24) is 5.32 Å². The molecule has 33 heavy (non-hydrogen) atoms. The van der Waals surface area contributed by atoms with Crippen molar-refractivity contribution < 1.29 is 37.0 Å². The van der Waals surface area contributed by atoms with Crippen molar-refractivity contribution in [2.75, 3.05) is 31.2 Å². The van der Waals surface area contributed by atoms with E-state index in [0.29, 0.717) is 9.21 Å². The number of anilines is 1. The van der Waals surface area contributed by atoms with Crippen LogP contribution in [0.3, 0.4) is 0 Å². The van der Waals surface area contributed by atoms with Crippen LogP contribution >= 0.6 is 22.9 Å². The standard InChI is InChI=1S/C21H18ClF3N2O5S/c22-17-4-3-16(33-17)19(29)26-9-12-8-13(20(30)32-12)11-1-2-15(14(7-11)21(23,24)25)27-5-6-31-10-18(27)28/h1-4,7,12-13H,5-6,8-10H2,(H,26,29). The zero-order valence-corrected chi connectivity index (χ0v) is 18.6. The van der Waals surface area contributed by atoms with Gasteiger partial charge in [-0.15, -0.1) is 11.3 Å². The molecule has 1 N–H and O–H groups in total. The summed E-state index contributed by atoms with van der Waals surface area (Å²) in [5.41, 5.74) is -1.14. The first kappa shape index (κ1) is 23.5. The van der Waals surface area contributed by atoms with Crippen LogP contribution in [0, 0.1) is 0 Å². The molecule has 2 amide bonds. The van der Waals surface area contributed by atoms with Crippen LogP contribution in [-0.2, 0) is 25.2 Å². The highest BCUT2D eigenvalue weighted by Crippen LogP contribution is 2.40. The average Bonchev–Trinajstić information content (AvgIpc) is 3.37. The van der Waals surface area contributed by atoms with Crippen molar-refractivity contribution in [3.8, 4) is 0 Å². The van der Waals surface area contributed by atoms with Crippen LogP contribution in [0.5, 0.6) is 0 Å². The number of alkyl halides is 3. The van der Waals surface area contributed by atoms with Gasteiger partial charge in [0.25, 0.3) is 11.8 Å². The maximum absolute atomic E-state index is 13.8. The summed E-state index contributed by atoms with van der Waals surface area (Å²) >= 11 is 6.91. The number of carbonyl (C=O) groups is 3. The zero-order valence-electron chi connectivity index (χ0n) is 17.0. The highest BCUT2D eigenvalue weighted by Gasteiger charge is 2.40. The molecular formula is C21H18ClF3N2O5S. The number of halogens is 4. The number of carbonyl (C=O) groups excluding carboxylic acids is 3. The van der Waals surface area contributed by atoms with Crippen LogP contribution < -0.4 is 10.2 Å². The molecule has 0 spiro atoms. The Hall–Kier alpha value is -2.63. The lowest BCUT2D eigenvalue weighted by Gasteiger charge is -2.29. The van der Waals surface area contributed by atoms with Gasteiger partial charge in [-0.25, -0.2) is 0 Å². The minimum absolute atomic E-state index is 0.00392. The number of nitrogens with one attached hydrogen (secondary N) is 1. The van der Waals surface area contributed by atoms with Gasteiger partial charge in [0.1, 0.15) is 12.7 Å². The van der Waals surface area contributed by atoms with Crippen molar-refractivity contribution in [1.29, 1.82) is 0 Å². The lowest BCUT2D eigenvalue weighted by atomic mass is 9.93. The zero-order chi connectivity index (χ0) is 23.8. The van der Waals surface area contributed by atoms with E-state index in [1.54, 1.807) is 12.1 Å². The molecule has 2 atom stereocenters. The highest BCUT2D eigenvalue weighted by molar-refractivity contribution is 7.18. The number of rotatable bonds is 5. The number of morpholine rings is 1. The van der Waals surface area contributed by atoms with Crippen molar-refractivity contribution in [3.05, 3.63) is 50.7 Å². The van der Waals surface area contributed by atoms with E-state index < -0.39 is 35.6 Å². The van der Waals surface area contributed by atoms with Crippen molar-refractivity contribution >= 4 is 46.4 Å². The number of hydrogen-bond donors (Lipinski definition) is 1. The molecule has 2 unspecified atom stereocenters. The van der Waals surface area contributed by atoms with Gasteiger partial charge in [0.2, 0.25) is 0 Å². The Balaban J connectivity index is 1.49. The smallest absolute Gasteiger partial charge is 0.418 e. The Morgan fingerprint density at radius 1 is 1.24 bits per heavy atom. The molecule has 1 aromatic carbocycles. The molecular weight excluding hydrogens is 485 g/mol. The van der Waals surface area contributed by atoms with Gasteiger partial charge in [-0.3, -0.25) is 14.4 Å². The second-order valence-corrected chi connectivity index (χ2v) is 9.25. The van der Waals surface area contributed by atoms with Crippen LogP contribution in [0.15, 0.2) is 30.3 Å². The van der Waals surface area contributed by atoms with E-state index in [4.69, 9.17) is 21.1 Å². The summed E-state index contributed by atoms with van der Waals surface area (Å²) in [5, 5.41) is 2.64. The Morgan fingerprint density at radius 3 is 2.70 bits per heavy atom. The van der Waals surface area contributed by atoms with Crippen LogP contribution in [-0.4, -0.2) is 50.2 Å².